The van der Waals surface area contributed by atoms with Crippen molar-refractivity contribution in [2.45, 2.75) is 39.1 Å². The van der Waals surface area contributed by atoms with Crippen molar-refractivity contribution in [1.82, 2.24) is 5.43 Å². The smallest absolute Gasteiger partial charge is 0.273 e. The lowest BCUT2D eigenvalue weighted by Gasteiger charge is -2.26. The maximum atomic E-state index is 13.8. The number of carbonyl (C=O) groups is 1. The Morgan fingerprint density at radius 1 is 0.943 bits per heavy atom. The van der Waals surface area contributed by atoms with Gasteiger partial charge in [-0.05, 0) is 48.9 Å². The predicted molar refractivity (Wildman–Crippen MR) is 139 cm³/mol. The van der Waals surface area contributed by atoms with Crippen LogP contribution in [0.4, 0.5) is 5.69 Å². The van der Waals surface area contributed by atoms with Crippen LogP contribution in [-0.4, -0.2) is 27.1 Å². The van der Waals surface area contributed by atoms with Crippen molar-refractivity contribution in [2.75, 3.05) is 11.4 Å². The first-order valence-corrected chi connectivity index (χ1v) is 12.6. The molecule has 0 aliphatic rings. The first kappa shape index (κ1) is 26.0. The maximum absolute atomic E-state index is 13.8. The van der Waals surface area contributed by atoms with Crippen molar-refractivity contribution in [2.24, 2.45) is 10.5 Å². The Bertz CT molecular complexity index is 1300. The molecule has 0 saturated carbocycles. The molecule has 0 heterocycles. The fourth-order valence-electron chi connectivity index (χ4n) is 3.17. The van der Waals surface area contributed by atoms with Crippen LogP contribution < -0.4 is 14.5 Å². The Kier molecular flexibility index (Phi) is 7.96. The molecular weight excluding hydrogens is 462 g/mol. The van der Waals surface area contributed by atoms with E-state index in [2.05, 4.69) is 10.5 Å². The minimum Gasteiger partial charge on any atom is -0.497 e. The molecule has 184 valence electrons. The van der Waals surface area contributed by atoms with Gasteiger partial charge in [0.1, 0.15) is 5.75 Å². The van der Waals surface area contributed by atoms with E-state index in [1.165, 1.54) is 23.5 Å². The highest BCUT2D eigenvalue weighted by Gasteiger charge is 2.29. The van der Waals surface area contributed by atoms with Gasteiger partial charge in [0.15, 0.2) is 0 Å². The Morgan fingerprint density at radius 2 is 1.54 bits per heavy atom. The largest absolute Gasteiger partial charge is 0.497 e. The third-order valence-electron chi connectivity index (χ3n) is 5.64. The summed E-state index contributed by atoms with van der Waals surface area (Å²) in [7, 11) is -2.51. The second-order valence-corrected chi connectivity index (χ2v) is 10.9. The average Bonchev–Trinajstić information content (AvgIpc) is 2.85. The molecule has 0 atom stereocenters. The second-order valence-electron chi connectivity index (χ2n) is 9.08. The predicted octanol–water partition coefficient (Wildman–Crippen LogP) is 5.24. The van der Waals surface area contributed by atoms with E-state index >= 15 is 0 Å². The number of para-hydroxylation sites is 1. The van der Waals surface area contributed by atoms with Gasteiger partial charge in [-0.1, -0.05) is 63.2 Å². The van der Waals surface area contributed by atoms with Crippen LogP contribution in [0.1, 0.15) is 43.6 Å². The quantitative estimate of drug-likeness (QED) is 0.343. The SMILES string of the molecule is COc1ccc(S(=O)(=O)N(Cc2ccccc2)c2ccccc2C(=O)N/N=C(/C)C(C)(C)C)cc1. The van der Waals surface area contributed by atoms with Crippen LogP contribution in [0.5, 0.6) is 5.75 Å². The monoisotopic (exact) mass is 493 g/mol. The molecule has 0 unspecified atom stereocenters. The lowest BCUT2D eigenvalue weighted by Crippen LogP contribution is -2.33. The number of sulfonamides is 1. The van der Waals surface area contributed by atoms with Crippen molar-refractivity contribution < 1.29 is 17.9 Å². The van der Waals surface area contributed by atoms with Gasteiger partial charge < -0.3 is 4.74 Å². The molecule has 0 saturated heterocycles. The van der Waals surface area contributed by atoms with E-state index in [0.29, 0.717) is 5.75 Å². The van der Waals surface area contributed by atoms with Gasteiger partial charge in [0.25, 0.3) is 15.9 Å². The number of nitrogens with zero attached hydrogens (tertiary/aromatic N) is 2. The molecule has 3 rings (SSSR count). The van der Waals surface area contributed by atoms with Crippen LogP contribution in [-0.2, 0) is 16.6 Å². The van der Waals surface area contributed by atoms with Crippen molar-refractivity contribution in [3.8, 4) is 5.75 Å². The van der Waals surface area contributed by atoms with Crippen LogP contribution in [0, 0.1) is 5.41 Å². The van der Waals surface area contributed by atoms with E-state index in [-0.39, 0.29) is 28.1 Å². The van der Waals surface area contributed by atoms with Gasteiger partial charge in [0.05, 0.1) is 29.8 Å². The van der Waals surface area contributed by atoms with E-state index in [1.807, 2.05) is 58.0 Å². The summed E-state index contributed by atoms with van der Waals surface area (Å²) < 4.78 is 34.1. The number of rotatable bonds is 8. The van der Waals surface area contributed by atoms with E-state index in [1.54, 1.807) is 36.4 Å². The number of ether oxygens (including phenoxy) is 1. The molecule has 0 aliphatic carbocycles. The number of hydrogen-bond acceptors (Lipinski definition) is 5. The summed E-state index contributed by atoms with van der Waals surface area (Å²) in [5.74, 6) is 0.0533. The molecule has 1 amide bonds. The molecular formula is C27H31N3O4S. The van der Waals surface area contributed by atoms with Crippen LogP contribution in [0.25, 0.3) is 0 Å². The van der Waals surface area contributed by atoms with Gasteiger partial charge in [0.2, 0.25) is 0 Å². The normalized spacial score (nSPS) is 12.2. The van der Waals surface area contributed by atoms with Gasteiger partial charge >= 0.3 is 0 Å². The summed E-state index contributed by atoms with van der Waals surface area (Å²) >= 11 is 0. The molecule has 0 aromatic heterocycles. The minimum atomic E-state index is -4.03. The average molecular weight is 494 g/mol. The zero-order valence-electron chi connectivity index (χ0n) is 20.6. The van der Waals surface area contributed by atoms with E-state index in [4.69, 9.17) is 4.74 Å². The summed E-state index contributed by atoms with van der Waals surface area (Å²) in [4.78, 5) is 13.2. The number of anilines is 1. The molecule has 3 aromatic rings. The fourth-order valence-corrected chi connectivity index (χ4v) is 4.64. The second kappa shape index (κ2) is 10.7. The van der Waals surface area contributed by atoms with Crippen molar-refractivity contribution in [3.63, 3.8) is 0 Å². The maximum Gasteiger partial charge on any atom is 0.273 e. The van der Waals surface area contributed by atoms with Crippen LogP contribution in [0.3, 0.4) is 0 Å². The standard InChI is InChI=1S/C27H31N3O4S/c1-20(27(2,3)4)28-29-26(31)24-13-9-10-14-25(24)30(19-21-11-7-6-8-12-21)35(32,33)23-17-15-22(34-5)16-18-23/h6-18H,19H2,1-5H3,(H,29,31)/b28-20-. The minimum absolute atomic E-state index is 0.0454. The Labute approximate surface area is 207 Å². The lowest BCUT2D eigenvalue weighted by atomic mass is 9.91. The van der Waals surface area contributed by atoms with Gasteiger partial charge in [0, 0.05) is 11.1 Å². The number of hydrogen-bond donors (Lipinski definition) is 1. The molecule has 0 spiro atoms. The highest BCUT2D eigenvalue weighted by Crippen LogP contribution is 2.30. The Balaban J connectivity index is 2.08. The van der Waals surface area contributed by atoms with Crippen molar-refractivity contribution >= 4 is 27.3 Å². The molecule has 8 heteroatoms. The van der Waals surface area contributed by atoms with Gasteiger partial charge in [-0.15, -0.1) is 0 Å². The lowest BCUT2D eigenvalue weighted by molar-refractivity contribution is 0.0955. The number of hydrazone groups is 1. The molecule has 7 nitrogen and oxygen atoms in total. The molecule has 1 N–H and O–H groups in total. The molecule has 0 fully saturated rings. The van der Waals surface area contributed by atoms with Gasteiger partial charge in [-0.2, -0.15) is 5.10 Å². The van der Waals surface area contributed by atoms with E-state index in [0.717, 1.165) is 11.3 Å². The molecule has 0 aliphatic heterocycles. The third-order valence-corrected chi connectivity index (χ3v) is 7.42. The number of nitrogens with one attached hydrogen (secondary N) is 1. The number of carbonyl (C=O) groups excluding carboxylic acids is 1. The van der Waals surface area contributed by atoms with E-state index < -0.39 is 15.9 Å². The number of methoxy groups -OCH3 is 1. The highest BCUT2D eigenvalue weighted by atomic mass is 32.2. The van der Waals surface area contributed by atoms with Crippen LogP contribution in [0.15, 0.2) is 88.9 Å². The van der Waals surface area contributed by atoms with Crippen molar-refractivity contribution in [3.05, 3.63) is 90.0 Å². The van der Waals surface area contributed by atoms with Gasteiger partial charge in [-0.3, -0.25) is 9.10 Å². The summed E-state index contributed by atoms with van der Waals surface area (Å²) in [5.41, 5.74) is 4.35. The molecule has 0 radical (unpaired) electrons. The third kappa shape index (κ3) is 6.27. The highest BCUT2D eigenvalue weighted by molar-refractivity contribution is 7.92. The summed E-state index contributed by atoms with van der Waals surface area (Å²) in [6.45, 7) is 7.87. The summed E-state index contributed by atoms with van der Waals surface area (Å²) in [5, 5.41) is 4.23. The number of benzene rings is 3. The molecule has 3 aromatic carbocycles. The molecule has 0 bridgehead atoms. The zero-order chi connectivity index (χ0) is 25.6. The van der Waals surface area contributed by atoms with Gasteiger partial charge in [-0.25, -0.2) is 13.8 Å². The Morgan fingerprint density at radius 3 is 2.14 bits per heavy atom. The van der Waals surface area contributed by atoms with Crippen LogP contribution >= 0.6 is 0 Å². The zero-order valence-corrected chi connectivity index (χ0v) is 21.5. The van der Waals surface area contributed by atoms with Crippen molar-refractivity contribution in [1.29, 1.82) is 0 Å². The molecule has 35 heavy (non-hydrogen) atoms. The summed E-state index contributed by atoms with van der Waals surface area (Å²) in [6, 6.07) is 22.0. The van der Waals surface area contributed by atoms with E-state index in [9.17, 15) is 13.2 Å². The first-order chi connectivity index (χ1) is 16.5. The topological polar surface area (TPSA) is 88.1 Å². The number of amides is 1. The van der Waals surface area contributed by atoms with Crippen LogP contribution in [0.2, 0.25) is 0 Å². The first-order valence-electron chi connectivity index (χ1n) is 11.2. The summed E-state index contributed by atoms with van der Waals surface area (Å²) in [6.07, 6.45) is 0. The fraction of sp³-hybridized carbons (Fsp3) is 0.259. The Hall–Kier alpha value is -3.65.